The molecule has 1 aromatic heterocycles. The molecule has 35 heavy (non-hydrogen) atoms. The smallest absolute Gasteiger partial charge is 0.305 e. The Kier molecular flexibility index (Phi) is 6.16. The molecule has 0 unspecified atom stereocenters. The van der Waals surface area contributed by atoms with E-state index in [2.05, 4.69) is 18.0 Å². The highest BCUT2D eigenvalue weighted by molar-refractivity contribution is 5.94. The molecule has 1 amide bonds. The van der Waals surface area contributed by atoms with Crippen LogP contribution in [0.25, 0.3) is 0 Å². The predicted molar refractivity (Wildman–Crippen MR) is 129 cm³/mol. The first kappa shape index (κ1) is 23.9. The molecule has 3 aliphatic carbocycles. The number of fused-ring (bicyclic) bond motifs is 5. The number of amides is 1. The van der Waals surface area contributed by atoms with Crippen LogP contribution in [0, 0.1) is 23.1 Å². The molecule has 5 rings (SSSR count). The average Bonchev–Trinajstić information content (AvgIpc) is 3.12. The molecular weight excluding hydrogens is 447 g/mol. The molecule has 0 aliphatic heterocycles. The number of hydrogen-bond donors (Lipinski definition) is 2. The van der Waals surface area contributed by atoms with Crippen molar-refractivity contribution in [1.29, 1.82) is 0 Å². The van der Waals surface area contributed by atoms with E-state index in [1.165, 1.54) is 22.2 Å². The van der Waals surface area contributed by atoms with Gasteiger partial charge in [0.25, 0.3) is 5.91 Å². The zero-order valence-corrected chi connectivity index (χ0v) is 20.3. The number of halogens is 1. The van der Waals surface area contributed by atoms with Crippen molar-refractivity contribution in [1.82, 2.24) is 9.88 Å². The van der Waals surface area contributed by atoms with Crippen molar-refractivity contribution in [3.8, 4) is 0 Å². The SMILES string of the molecule is CN(CCC(=O)O)C(=O)c1ccc2c(c1)CC[C@H]1[C@@H]3[C@H](O)C[C@H](c4cncc(F)c4)[C@@]3(C)CC[C@H]21. The minimum absolute atomic E-state index is 0.0773. The molecule has 6 atom stereocenters. The number of aromatic nitrogens is 1. The highest BCUT2D eigenvalue weighted by Gasteiger charge is 2.58. The lowest BCUT2D eigenvalue weighted by atomic mass is 9.53. The summed E-state index contributed by atoms with van der Waals surface area (Å²) >= 11 is 0. The summed E-state index contributed by atoms with van der Waals surface area (Å²) in [6.07, 6.45) is 6.88. The summed E-state index contributed by atoms with van der Waals surface area (Å²) < 4.78 is 13.9. The first-order valence-corrected chi connectivity index (χ1v) is 12.6. The number of aliphatic hydroxyl groups excluding tert-OH is 1. The lowest BCUT2D eigenvalue weighted by molar-refractivity contribution is -0.137. The molecule has 6 nitrogen and oxygen atoms in total. The first-order valence-electron chi connectivity index (χ1n) is 12.6. The van der Waals surface area contributed by atoms with Gasteiger partial charge in [-0.3, -0.25) is 14.6 Å². The van der Waals surface area contributed by atoms with Crippen LogP contribution in [0.1, 0.15) is 77.9 Å². The lowest BCUT2D eigenvalue weighted by Crippen LogP contribution is -2.45. The van der Waals surface area contributed by atoms with Gasteiger partial charge in [-0.15, -0.1) is 0 Å². The second-order valence-corrected chi connectivity index (χ2v) is 11.0. The van der Waals surface area contributed by atoms with Crippen molar-refractivity contribution >= 4 is 11.9 Å². The van der Waals surface area contributed by atoms with Crippen LogP contribution in [0.4, 0.5) is 4.39 Å². The minimum atomic E-state index is -0.921. The van der Waals surface area contributed by atoms with E-state index in [1.54, 1.807) is 19.3 Å². The number of hydrogen-bond acceptors (Lipinski definition) is 4. The summed E-state index contributed by atoms with van der Waals surface area (Å²) in [5.74, 6) is -0.489. The second kappa shape index (κ2) is 9.01. The van der Waals surface area contributed by atoms with Crippen LogP contribution >= 0.6 is 0 Å². The Morgan fingerprint density at radius 3 is 2.77 bits per heavy atom. The van der Waals surface area contributed by atoms with E-state index in [0.29, 0.717) is 23.8 Å². The van der Waals surface area contributed by atoms with Crippen molar-refractivity contribution in [2.45, 2.75) is 63.4 Å². The van der Waals surface area contributed by atoms with E-state index in [-0.39, 0.29) is 41.9 Å². The number of rotatable bonds is 5. The van der Waals surface area contributed by atoms with Gasteiger partial charge < -0.3 is 15.1 Å². The minimum Gasteiger partial charge on any atom is -0.481 e. The van der Waals surface area contributed by atoms with Crippen LogP contribution in [0.15, 0.2) is 36.7 Å². The van der Waals surface area contributed by atoms with Gasteiger partial charge in [0.15, 0.2) is 0 Å². The third kappa shape index (κ3) is 4.14. The monoisotopic (exact) mass is 480 g/mol. The quantitative estimate of drug-likeness (QED) is 0.663. The van der Waals surface area contributed by atoms with Crippen LogP contribution in [-0.4, -0.2) is 51.7 Å². The van der Waals surface area contributed by atoms with Crippen LogP contribution in [0.2, 0.25) is 0 Å². The summed E-state index contributed by atoms with van der Waals surface area (Å²) in [5.41, 5.74) is 3.84. The van der Waals surface area contributed by atoms with Gasteiger partial charge in [0, 0.05) is 25.4 Å². The number of carboxylic acid groups (broad SMARTS) is 1. The van der Waals surface area contributed by atoms with Gasteiger partial charge in [0.2, 0.25) is 0 Å². The second-order valence-electron chi connectivity index (χ2n) is 11.0. The highest BCUT2D eigenvalue weighted by atomic mass is 19.1. The van der Waals surface area contributed by atoms with Gasteiger partial charge in [0.1, 0.15) is 5.82 Å². The third-order valence-electron chi connectivity index (χ3n) is 9.09. The molecule has 0 saturated heterocycles. The molecule has 186 valence electrons. The number of aryl methyl sites for hydroxylation is 1. The highest BCUT2D eigenvalue weighted by Crippen LogP contribution is 2.65. The number of carboxylic acids is 1. The molecule has 2 saturated carbocycles. The van der Waals surface area contributed by atoms with E-state index in [1.807, 2.05) is 12.1 Å². The van der Waals surface area contributed by atoms with Crippen molar-refractivity contribution in [3.05, 3.63) is 64.7 Å². The fourth-order valence-electron chi connectivity index (χ4n) is 7.50. The molecule has 0 bridgehead atoms. The summed E-state index contributed by atoms with van der Waals surface area (Å²) in [7, 11) is 1.63. The topological polar surface area (TPSA) is 90.7 Å². The predicted octanol–water partition coefficient (Wildman–Crippen LogP) is 4.38. The maximum atomic E-state index is 13.9. The molecular formula is C28H33FN2O4. The Hall–Kier alpha value is -2.80. The fourth-order valence-corrected chi connectivity index (χ4v) is 7.50. The van der Waals surface area contributed by atoms with Gasteiger partial charge in [-0.25, -0.2) is 4.39 Å². The standard InChI is InChI=1S/C28H33FN2O4/c1-28-9-7-21-20-5-4-17(27(35)31(2)10-8-25(33)34)11-16(20)3-6-22(21)26(28)24(32)13-23(28)18-12-19(29)15-30-14-18/h4-5,11-12,14-15,21-24,26,32H,3,6-10,13H2,1-2H3,(H,33,34)/t21-,22-,23-,24-,26-,28-/m1/s1. The largest absolute Gasteiger partial charge is 0.481 e. The molecule has 7 heteroatoms. The van der Waals surface area contributed by atoms with Gasteiger partial charge in [0.05, 0.1) is 18.7 Å². The van der Waals surface area contributed by atoms with Gasteiger partial charge in [-0.1, -0.05) is 13.0 Å². The summed E-state index contributed by atoms with van der Waals surface area (Å²) in [6.45, 7) is 2.44. The normalized spacial score (nSPS) is 31.3. The molecule has 1 aromatic carbocycles. The Morgan fingerprint density at radius 1 is 1.23 bits per heavy atom. The van der Waals surface area contributed by atoms with Gasteiger partial charge in [-0.2, -0.15) is 0 Å². The zero-order chi connectivity index (χ0) is 24.9. The zero-order valence-electron chi connectivity index (χ0n) is 20.3. The Morgan fingerprint density at radius 2 is 2.03 bits per heavy atom. The van der Waals surface area contributed by atoms with Gasteiger partial charge in [-0.05, 0) is 96.1 Å². The number of pyridine rings is 1. The van der Waals surface area contributed by atoms with E-state index in [9.17, 15) is 19.1 Å². The van der Waals surface area contributed by atoms with E-state index < -0.39 is 12.1 Å². The van der Waals surface area contributed by atoms with Crippen molar-refractivity contribution in [2.75, 3.05) is 13.6 Å². The maximum Gasteiger partial charge on any atom is 0.305 e. The van der Waals surface area contributed by atoms with Crippen molar-refractivity contribution in [3.63, 3.8) is 0 Å². The number of carbonyl (C=O) groups excluding carboxylic acids is 1. The number of nitrogens with zero attached hydrogens (tertiary/aromatic N) is 2. The van der Waals surface area contributed by atoms with Crippen LogP contribution in [0.3, 0.4) is 0 Å². The molecule has 2 fully saturated rings. The average molecular weight is 481 g/mol. The first-order chi connectivity index (χ1) is 16.7. The van der Waals surface area contributed by atoms with Crippen molar-refractivity contribution < 1.29 is 24.2 Å². The lowest BCUT2D eigenvalue weighted by Gasteiger charge is -2.51. The van der Waals surface area contributed by atoms with Gasteiger partial charge >= 0.3 is 5.97 Å². The fraction of sp³-hybridized carbons (Fsp3) is 0.536. The number of aliphatic carboxylic acids is 1. The third-order valence-corrected chi connectivity index (χ3v) is 9.09. The molecule has 3 aliphatic rings. The number of aliphatic hydroxyl groups is 1. The summed E-state index contributed by atoms with van der Waals surface area (Å²) in [4.78, 5) is 29.2. The molecule has 2 aromatic rings. The Labute approximate surface area is 205 Å². The molecule has 2 N–H and O–H groups in total. The maximum absolute atomic E-state index is 13.9. The van der Waals surface area contributed by atoms with E-state index >= 15 is 0 Å². The molecule has 0 radical (unpaired) electrons. The molecule has 1 heterocycles. The van der Waals surface area contributed by atoms with E-state index in [4.69, 9.17) is 5.11 Å². The van der Waals surface area contributed by atoms with E-state index in [0.717, 1.165) is 31.2 Å². The summed E-state index contributed by atoms with van der Waals surface area (Å²) in [5, 5.41) is 20.1. The van der Waals surface area contributed by atoms with Crippen LogP contribution < -0.4 is 0 Å². The molecule has 0 spiro atoms. The Balaban J connectivity index is 1.38. The van der Waals surface area contributed by atoms with Crippen LogP contribution in [0.5, 0.6) is 0 Å². The summed E-state index contributed by atoms with van der Waals surface area (Å²) in [6, 6.07) is 7.49. The Bertz CT molecular complexity index is 1150. The number of carbonyl (C=O) groups is 2. The van der Waals surface area contributed by atoms with Crippen molar-refractivity contribution in [2.24, 2.45) is 17.3 Å². The van der Waals surface area contributed by atoms with Crippen LogP contribution in [-0.2, 0) is 11.2 Å². The number of benzene rings is 1.